The molecule has 22 heavy (non-hydrogen) atoms. The average molecular weight is 327 g/mol. The number of aromatic nitrogens is 1. The van der Waals surface area contributed by atoms with Crippen LogP contribution in [0.5, 0.6) is 0 Å². The first-order valence-corrected chi connectivity index (χ1v) is 7.08. The highest BCUT2D eigenvalue weighted by Gasteiger charge is 2.30. The zero-order chi connectivity index (χ0) is 16.5. The van der Waals surface area contributed by atoms with Crippen LogP contribution in [0.4, 0.5) is 14.3 Å². The van der Waals surface area contributed by atoms with Crippen molar-refractivity contribution in [1.29, 1.82) is 0 Å². The van der Waals surface area contributed by atoms with Crippen LogP contribution in [-0.2, 0) is 4.79 Å². The maximum atomic E-state index is 13.4. The van der Waals surface area contributed by atoms with Gasteiger partial charge in [0.15, 0.2) is 10.7 Å². The summed E-state index contributed by atoms with van der Waals surface area (Å²) in [6.45, 7) is 2.23. The standard InChI is InChI=1S/C13H14FN3O4S/c1-6-3-9-8(4-7(6)14)16-12(22-9)17-11(20)15-5-13(2,21)10(18)19/h3-4,21H,5H2,1-2H3,(H,18,19)(H2,15,16,17,20). The van der Waals surface area contributed by atoms with E-state index in [0.29, 0.717) is 15.8 Å². The molecule has 4 N–H and O–H groups in total. The van der Waals surface area contributed by atoms with Crippen LogP contribution in [0.3, 0.4) is 0 Å². The zero-order valence-electron chi connectivity index (χ0n) is 11.8. The number of anilines is 1. The molecule has 0 saturated heterocycles. The minimum atomic E-state index is -2.06. The molecular weight excluding hydrogens is 313 g/mol. The molecule has 1 aromatic heterocycles. The Hall–Kier alpha value is -2.26. The number of aliphatic hydroxyl groups is 1. The van der Waals surface area contributed by atoms with Gasteiger partial charge in [-0.25, -0.2) is 19.0 Å². The molecular formula is C13H14FN3O4S. The number of fused-ring (bicyclic) bond motifs is 1. The second kappa shape index (κ2) is 5.85. The van der Waals surface area contributed by atoms with Gasteiger partial charge in [0.25, 0.3) is 0 Å². The number of rotatable bonds is 4. The smallest absolute Gasteiger partial charge is 0.337 e. The third-order valence-corrected chi connectivity index (χ3v) is 3.88. The number of benzene rings is 1. The van der Waals surface area contributed by atoms with E-state index in [2.05, 4.69) is 15.6 Å². The highest BCUT2D eigenvalue weighted by Crippen LogP contribution is 2.27. The van der Waals surface area contributed by atoms with E-state index >= 15 is 0 Å². The summed E-state index contributed by atoms with van der Waals surface area (Å²) in [5, 5.41) is 23.1. The number of urea groups is 1. The average Bonchev–Trinajstić information content (AvgIpc) is 2.78. The minimum Gasteiger partial charge on any atom is -0.479 e. The maximum absolute atomic E-state index is 13.4. The Morgan fingerprint density at radius 1 is 1.45 bits per heavy atom. The van der Waals surface area contributed by atoms with Gasteiger partial charge in [0, 0.05) is 6.07 Å². The molecule has 1 aromatic carbocycles. The molecule has 0 aliphatic carbocycles. The van der Waals surface area contributed by atoms with Crippen molar-refractivity contribution < 1.29 is 24.2 Å². The van der Waals surface area contributed by atoms with Gasteiger partial charge in [-0.15, -0.1) is 0 Å². The number of carbonyl (C=O) groups excluding carboxylic acids is 1. The number of carboxylic acids is 1. The van der Waals surface area contributed by atoms with E-state index in [4.69, 9.17) is 5.11 Å². The Kier molecular flexibility index (Phi) is 4.29. The molecule has 9 heteroatoms. The van der Waals surface area contributed by atoms with E-state index in [1.807, 2.05) is 0 Å². The van der Waals surface area contributed by atoms with E-state index in [1.54, 1.807) is 13.0 Å². The van der Waals surface area contributed by atoms with Gasteiger partial charge in [-0.3, -0.25) is 5.32 Å². The summed E-state index contributed by atoms with van der Waals surface area (Å²) in [6.07, 6.45) is 0. The van der Waals surface area contributed by atoms with Gasteiger partial charge < -0.3 is 15.5 Å². The number of aryl methyl sites for hydroxylation is 1. The molecule has 0 spiro atoms. The van der Waals surface area contributed by atoms with Crippen LogP contribution in [0, 0.1) is 12.7 Å². The van der Waals surface area contributed by atoms with Crippen molar-refractivity contribution in [1.82, 2.24) is 10.3 Å². The Balaban J connectivity index is 2.04. The molecule has 1 atom stereocenters. The van der Waals surface area contributed by atoms with Gasteiger partial charge in [0.1, 0.15) is 5.82 Å². The number of carbonyl (C=O) groups is 2. The number of thiazole rings is 1. The van der Waals surface area contributed by atoms with Crippen molar-refractivity contribution in [2.45, 2.75) is 19.4 Å². The first kappa shape index (κ1) is 16.1. The van der Waals surface area contributed by atoms with Crippen LogP contribution in [-0.4, -0.2) is 39.3 Å². The summed E-state index contributed by atoms with van der Waals surface area (Å²) in [5.74, 6) is -1.83. The molecule has 1 unspecified atom stereocenters. The van der Waals surface area contributed by atoms with Gasteiger partial charge in [-0.05, 0) is 25.5 Å². The van der Waals surface area contributed by atoms with Crippen molar-refractivity contribution >= 4 is 38.7 Å². The number of aliphatic carboxylic acids is 1. The molecule has 0 aliphatic heterocycles. The summed E-state index contributed by atoms with van der Waals surface area (Å²) in [6, 6.07) is 2.19. The van der Waals surface area contributed by atoms with Gasteiger partial charge in [-0.2, -0.15) is 0 Å². The molecule has 0 radical (unpaired) electrons. The highest BCUT2D eigenvalue weighted by atomic mass is 32.1. The number of nitrogens with one attached hydrogen (secondary N) is 2. The third-order valence-electron chi connectivity index (χ3n) is 2.94. The van der Waals surface area contributed by atoms with Crippen molar-refractivity contribution in [2.75, 3.05) is 11.9 Å². The summed E-state index contributed by atoms with van der Waals surface area (Å²) in [7, 11) is 0. The highest BCUT2D eigenvalue weighted by molar-refractivity contribution is 7.22. The van der Waals surface area contributed by atoms with Crippen LogP contribution >= 0.6 is 11.3 Å². The molecule has 7 nitrogen and oxygen atoms in total. The lowest BCUT2D eigenvalue weighted by Crippen LogP contribution is -2.47. The number of amides is 2. The van der Waals surface area contributed by atoms with E-state index in [1.165, 1.54) is 6.07 Å². The summed E-state index contributed by atoms with van der Waals surface area (Å²) >= 11 is 1.16. The predicted octanol–water partition coefficient (Wildman–Crippen LogP) is 1.70. The summed E-state index contributed by atoms with van der Waals surface area (Å²) in [5.41, 5.74) is -1.17. The van der Waals surface area contributed by atoms with Crippen molar-refractivity contribution in [2.24, 2.45) is 0 Å². The van der Waals surface area contributed by atoms with E-state index in [9.17, 15) is 19.1 Å². The molecule has 1 heterocycles. The first-order valence-electron chi connectivity index (χ1n) is 6.26. The Morgan fingerprint density at radius 3 is 2.77 bits per heavy atom. The molecule has 118 valence electrons. The second-order valence-corrected chi connectivity index (χ2v) is 6.01. The van der Waals surface area contributed by atoms with Gasteiger partial charge >= 0.3 is 12.0 Å². The normalized spacial score (nSPS) is 13.6. The van der Waals surface area contributed by atoms with Crippen LogP contribution in [0.25, 0.3) is 10.2 Å². The third kappa shape index (κ3) is 3.49. The lowest BCUT2D eigenvalue weighted by atomic mass is 10.1. The zero-order valence-corrected chi connectivity index (χ0v) is 12.6. The first-order chi connectivity index (χ1) is 10.2. The van der Waals surface area contributed by atoms with Crippen molar-refractivity contribution in [3.05, 3.63) is 23.5 Å². The number of halogens is 1. The summed E-state index contributed by atoms with van der Waals surface area (Å²) in [4.78, 5) is 26.4. The Morgan fingerprint density at radius 2 is 2.14 bits per heavy atom. The molecule has 2 rings (SSSR count). The Labute approximate surface area is 128 Å². The number of nitrogens with zero attached hydrogens (tertiary/aromatic N) is 1. The fraction of sp³-hybridized carbons (Fsp3) is 0.308. The monoisotopic (exact) mass is 327 g/mol. The maximum Gasteiger partial charge on any atom is 0.337 e. The summed E-state index contributed by atoms with van der Waals surface area (Å²) < 4.78 is 14.1. The molecule has 0 fully saturated rings. The van der Waals surface area contributed by atoms with Gasteiger partial charge in [0.2, 0.25) is 0 Å². The van der Waals surface area contributed by atoms with E-state index in [-0.39, 0.29) is 10.9 Å². The van der Waals surface area contributed by atoms with Crippen LogP contribution < -0.4 is 10.6 Å². The van der Waals surface area contributed by atoms with Crippen molar-refractivity contribution in [3.8, 4) is 0 Å². The van der Waals surface area contributed by atoms with Gasteiger partial charge in [-0.1, -0.05) is 11.3 Å². The fourth-order valence-electron chi connectivity index (χ4n) is 1.57. The molecule has 2 aromatic rings. The molecule has 0 bridgehead atoms. The number of hydrogen-bond donors (Lipinski definition) is 4. The van der Waals surface area contributed by atoms with E-state index < -0.39 is 24.1 Å². The molecule has 0 saturated carbocycles. The van der Waals surface area contributed by atoms with Crippen LogP contribution in [0.1, 0.15) is 12.5 Å². The SMILES string of the molecule is Cc1cc2sc(NC(=O)NCC(C)(O)C(=O)O)nc2cc1F. The van der Waals surface area contributed by atoms with Gasteiger partial charge in [0.05, 0.1) is 16.8 Å². The molecule has 2 amide bonds. The minimum absolute atomic E-state index is 0.243. The van der Waals surface area contributed by atoms with Crippen molar-refractivity contribution in [3.63, 3.8) is 0 Å². The Bertz CT molecular complexity index is 705. The lowest BCUT2D eigenvalue weighted by Gasteiger charge is -2.18. The topological polar surface area (TPSA) is 112 Å². The van der Waals surface area contributed by atoms with E-state index in [0.717, 1.165) is 18.3 Å². The number of carboxylic acid groups (broad SMARTS) is 1. The van der Waals surface area contributed by atoms with Crippen LogP contribution in [0.2, 0.25) is 0 Å². The molecule has 0 aliphatic rings. The largest absolute Gasteiger partial charge is 0.479 e. The fourth-order valence-corrected chi connectivity index (χ4v) is 2.51. The lowest BCUT2D eigenvalue weighted by molar-refractivity contribution is -0.155. The predicted molar refractivity (Wildman–Crippen MR) is 79.6 cm³/mol. The number of hydrogen-bond acceptors (Lipinski definition) is 5. The second-order valence-electron chi connectivity index (χ2n) is 4.97. The quantitative estimate of drug-likeness (QED) is 0.683. The van der Waals surface area contributed by atoms with Crippen LogP contribution in [0.15, 0.2) is 12.1 Å².